The Morgan fingerprint density at radius 3 is 2.59 bits per heavy atom. The smallest absolute Gasteiger partial charge is 0.275 e. The Morgan fingerprint density at radius 2 is 1.94 bits per heavy atom. The molecule has 0 saturated carbocycles. The minimum atomic E-state index is -0.507. The maximum absolute atomic E-state index is 11.6. The van der Waals surface area contributed by atoms with Crippen LogP contribution in [0.5, 0.6) is 0 Å². The van der Waals surface area contributed by atoms with Crippen LogP contribution in [0.15, 0.2) is 18.2 Å². The number of hydrogen-bond donors (Lipinski definition) is 2. The van der Waals surface area contributed by atoms with E-state index in [9.17, 15) is 4.79 Å². The lowest BCUT2D eigenvalue weighted by Crippen LogP contribution is -2.19. The number of pyridine rings is 1. The van der Waals surface area contributed by atoms with E-state index in [1.54, 1.807) is 11.5 Å². The van der Waals surface area contributed by atoms with Crippen molar-refractivity contribution in [2.75, 3.05) is 0 Å². The third-order valence-corrected chi connectivity index (χ3v) is 2.72. The van der Waals surface area contributed by atoms with E-state index >= 15 is 0 Å². The van der Waals surface area contributed by atoms with Crippen LogP contribution in [0, 0.1) is 20.8 Å². The van der Waals surface area contributed by atoms with Crippen molar-refractivity contribution in [3.63, 3.8) is 0 Å². The van der Waals surface area contributed by atoms with Gasteiger partial charge in [0.15, 0.2) is 0 Å². The minimum absolute atomic E-state index is 0.451. The van der Waals surface area contributed by atoms with Crippen molar-refractivity contribution in [1.29, 1.82) is 0 Å². The van der Waals surface area contributed by atoms with Gasteiger partial charge < -0.3 is 0 Å². The standard InChI is InChI=1S/C13H14N2O2/c1-7-4-8(2)12-10(13(16)15-17)6-9(3)14-11(12)5-7/h4-6,17H,1-3H3,(H,15,16). The molecule has 1 aromatic heterocycles. The number of hydrogen-bond acceptors (Lipinski definition) is 3. The van der Waals surface area contributed by atoms with Gasteiger partial charge in [-0.3, -0.25) is 15.0 Å². The average Bonchev–Trinajstić information content (AvgIpc) is 2.25. The predicted molar refractivity (Wildman–Crippen MR) is 65.2 cm³/mol. The molecule has 0 saturated heterocycles. The maximum atomic E-state index is 11.6. The average molecular weight is 230 g/mol. The van der Waals surface area contributed by atoms with E-state index in [0.717, 1.165) is 27.7 Å². The first-order chi connectivity index (χ1) is 8.02. The van der Waals surface area contributed by atoms with Crippen molar-refractivity contribution in [3.8, 4) is 0 Å². The number of aromatic nitrogens is 1. The molecule has 0 aliphatic rings. The van der Waals surface area contributed by atoms with Crippen molar-refractivity contribution in [2.24, 2.45) is 0 Å². The van der Waals surface area contributed by atoms with Crippen LogP contribution in [-0.2, 0) is 0 Å². The molecule has 0 aliphatic carbocycles. The fourth-order valence-corrected chi connectivity index (χ4v) is 2.13. The predicted octanol–water partition coefficient (Wildman–Crippen LogP) is 2.28. The number of aryl methyl sites for hydroxylation is 3. The molecule has 0 spiro atoms. The number of hydroxylamine groups is 1. The molecule has 1 amide bonds. The lowest BCUT2D eigenvalue weighted by atomic mass is 10.0. The summed E-state index contributed by atoms with van der Waals surface area (Å²) >= 11 is 0. The van der Waals surface area contributed by atoms with Crippen LogP contribution in [0.2, 0.25) is 0 Å². The molecule has 88 valence electrons. The summed E-state index contributed by atoms with van der Waals surface area (Å²) in [5.74, 6) is -0.507. The Bertz CT molecular complexity index is 601. The number of amides is 1. The van der Waals surface area contributed by atoms with Crippen molar-refractivity contribution >= 4 is 16.8 Å². The first-order valence-corrected chi connectivity index (χ1v) is 5.36. The van der Waals surface area contributed by atoms with E-state index in [1.807, 2.05) is 32.9 Å². The highest BCUT2D eigenvalue weighted by Crippen LogP contribution is 2.23. The number of rotatable bonds is 1. The number of carbonyl (C=O) groups excluding carboxylic acids is 1. The van der Waals surface area contributed by atoms with Crippen LogP contribution < -0.4 is 5.48 Å². The summed E-state index contributed by atoms with van der Waals surface area (Å²) in [6.45, 7) is 5.74. The Balaban J connectivity index is 2.87. The van der Waals surface area contributed by atoms with Crippen LogP contribution in [0.3, 0.4) is 0 Å². The number of nitrogens with zero attached hydrogens (tertiary/aromatic N) is 1. The zero-order valence-electron chi connectivity index (χ0n) is 10.0. The topological polar surface area (TPSA) is 62.2 Å². The van der Waals surface area contributed by atoms with Gasteiger partial charge in [-0.05, 0) is 44.0 Å². The third kappa shape index (κ3) is 1.99. The van der Waals surface area contributed by atoms with E-state index < -0.39 is 5.91 Å². The second-order valence-corrected chi connectivity index (χ2v) is 4.23. The highest BCUT2D eigenvalue weighted by atomic mass is 16.5. The zero-order valence-corrected chi connectivity index (χ0v) is 10.0. The maximum Gasteiger partial charge on any atom is 0.275 e. The molecule has 2 rings (SSSR count). The van der Waals surface area contributed by atoms with Gasteiger partial charge in [-0.2, -0.15) is 0 Å². The summed E-state index contributed by atoms with van der Waals surface area (Å²) in [4.78, 5) is 16.0. The molecule has 2 aromatic rings. The SMILES string of the molecule is Cc1cc(C)c2c(C(=O)NO)cc(C)nc2c1. The van der Waals surface area contributed by atoms with Gasteiger partial charge in [-0.25, -0.2) is 5.48 Å². The molecule has 1 heterocycles. The summed E-state index contributed by atoms with van der Waals surface area (Å²) in [7, 11) is 0. The number of carbonyl (C=O) groups is 1. The second kappa shape index (κ2) is 4.14. The van der Waals surface area contributed by atoms with Crippen LogP contribution in [0.4, 0.5) is 0 Å². The number of fused-ring (bicyclic) bond motifs is 1. The molecule has 17 heavy (non-hydrogen) atoms. The van der Waals surface area contributed by atoms with Gasteiger partial charge in [0.05, 0.1) is 11.1 Å². The molecule has 4 heteroatoms. The van der Waals surface area contributed by atoms with Crippen LogP contribution in [0.25, 0.3) is 10.9 Å². The molecule has 0 aliphatic heterocycles. The fraction of sp³-hybridized carbons (Fsp3) is 0.231. The third-order valence-electron chi connectivity index (χ3n) is 2.72. The molecule has 0 bridgehead atoms. The first kappa shape index (κ1) is 11.5. The normalized spacial score (nSPS) is 10.6. The quantitative estimate of drug-likeness (QED) is 0.583. The van der Waals surface area contributed by atoms with Gasteiger partial charge in [-0.15, -0.1) is 0 Å². The van der Waals surface area contributed by atoms with E-state index in [-0.39, 0.29) is 0 Å². The van der Waals surface area contributed by atoms with Crippen LogP contribution in [-0.4, -0.2) is 16.1 Å². The molecule has 2 N–H and O–H groups in total. The first-order valence-electron chi connectivity index (χ1n) is 5.36. The van der Waals surface area contributed by atoms with Crippen molar-refractivity contribution in [1.82, 2.24) is 10.5 Å². The van der Waals surface area contributed by atoms with Gasteiger partial charge >= 0.3 is 0 Å². The van der Waals surface area contributed by atoms with Gasteiger partial charge in [0.1, 0.15) is 0 Å². The Morgan fingerprint density at radius 1 is 1.24 bits per heavy atom. The summed E-state index contributed by atoms with van der Waals surface area (Å²) in [5.41, 5.74) is 5.74. The Hall–Kier alpha value is -1.94. The van der Waals surface area contributed by atoms with E-state index in [0.29, 0.717) is 5.56 Å². The molecule has 4 nitrogen and oxygen atoms in total. The summed E-state index contributed by atoms with van der Waals surface area (Å²) < 4.78 is 0. The van der Waals surface area contributed by atoms with Gasteiger partial charge in [0, 0.05) is 11.1 Å². The molecule has 0 unspecified atom stereocenters. The number of benzene rings is 1. The minimum Gasteiger partial charge on any atom is -0.288 e. The summed E-state index contributed by atoms with van der Waals surface area (Å²) in [6.07, 6.45) is 0. The lowest BCUT2D eigenvalue weighted by molar-refractivity contribution is 0.0708. The summed E-state index contributed by atoms with van der Waals surface area (Å²) in [6, 6.07) is 5.60. The van der Waals surface area contributed by atoms with Gasteiger partial charge in [0.25, 0.3) is 5.91 Å². The molecule has 1 aromatic carbocycles. The lowest BCUT2D eigenvalue weighted by Gasteiger charge is -2.09. The van der Waals surface area contributed by atoms with Crippen LogP contribution >= 0.6 is 0 Å². The highest BCUT2D eigenvalue weighted by molar-refractivity contribution is 6.07. The van der Waals surface area contributed by atoms with Crippen molar-refractivity contribution in [2.45, 2.75) is 20.8 Å². The van der Waals surface area contributed by atoms with E-state index in [2.05, 4.69) is 4.98 Å². The highest BCUT2D eigenvalue weighted by Gasteiger charge is 2.13. The molecule has 0 fully saturated rings. The Labute approximate surface area is 99.3 Å². The Kier molecular flexibility index (Phi) is 2.81. The molecular weight excluding hydrogens is 216 g/mol. The van der Waals surface area contributed by atoms with Gasteiger partial charge in [0.2, 0.25) is 0 Å². The van der Waals surface area contributed by atoms with E-state index in [1.165, 1.54) is 0 Å². The van der Waals surface area contributed by atoms with Gasteiger partial charge in [-0.1, -0.05) is 6.07 Å². The second-order valence-electron chi connectivity index (χ2n) is 4.23. The monoisotopic (exact) mass is 230 g/mol. The molecule has 0 radical (unpaired) electrons. The van der Waals surface area contributed by atoms with Crippen LogP contribution in [0.1, 0.15) is 27.2 Å². The molecule has 0 atom stereocenters. The fourth-order valence-electron chi connectivity index (χ4n) is 2.13. The van der Waals surface area contributed by atoms with Crippen molar-refractivity contribution < 1.29 is 10.0 Å². The van der Waals surface area contributed by atoms with E-state index in [4.69, 9.17) is 5.21 Å². The molecular formula is C13H14N2O2. The summed E-state index contributed by atoms with van der Waals surface area (Å²) in [5, 5.41) is 9.55. The van der Waals surface area contributed by atoms with Crippen molar-refractivity contribution in [3.05, 3.63) is 40.6 Å². The zero-order chi connectivity index (χ0) is 12.6. The number of nitrogens with one attached hydrogen (secondary N) is 1. The largest absolute Gasteiger partial charge is 0.288 e.